The zero-order valence-corrected chi connectivity index (χ0v) is 10.2. The van der Waals surface area contributed by atoms with Crippen molar-refractivity contribution in [3.63, 3.8) is 0 Å². The summed E-state index contributed by atoms with van der Waals surface area (Å²) in [6.07, 6.45) is -4.33. The Morgan fingerprint density at radius 3 is 2.42 bits per heavy atom. The van der Waals surface area contributed by atoms with Gasteiger partial charge in [-0.2, -0.15) is 13.2 Å². The molecule has 2 aromatic rings. The maximum atomic E-state index is 12.5. The van der Waals surface area contributed by atoms with Crippen molar-refractivity contribution in [3.8, 4) is 0 Å². The van der Waals surface area contributed by atoms with Crippen LogP contribution in [0.15, 0.2) is 24.4 Å². The Hall–Kier alpha value is -1.73. The number of hydrogen-bond donors (Lipinski definition) is 0. The Bertz CT molecular complexity index is 583. The van der Waals surface area contributed by atoms with E-state index in [-0.39, 0.29) is 5.65 Å². The summed E-state index contributed by atoms with van der Waals surface area (Å²) in [7, 11) is 2.89. The fourth-order valence-electron chi connectivity index (χ4n) is 1.65. The Kier molecular flexibility index (Phi) is 3.68. The Morgan fingerprint density at radius 1 is 1.16 bits per heavy atom. The molecule has 102 valence electrons. The van der Waals surface area contributed by atoms with E-state index in [9.17, 15) is 13.2 Å². The number of methoxy groups -OCH3 is 2. The van der Waals surface area contributed by atoms with Crippen LogP contribution in [0.25, 0.3) is 11.0 Å². The highest BCUT2D eigenvalue weighted by atomic mass is 19.4. The molecule has 0 saturated heterocycles. The van der Waals surface area contributed by atoms with Crippen LogP contribution in [-0.4, -0.2) is 24.2 Å². The molecule has 0 amide bonds. The number of hydrogen-bond acceptors (Lipinski definition) is 4. The first-order chi connectivity index (χ1) is 8.95. The number of pyridine rings is 2. The molecule has 7 heteroatoms. The van der Waals surface area contributed by atoms with Gasteiger partial charge in [0, 0.05) is 25.8 Å². The number of alkyl halides is 3. The van der Waals surface area contributed by atoms with E-state index in [0.717, 1.165) is 12.3 Å². The average Bonchev–Trinajstić information content (AvgIpc) is 2.38. The Morgan fingerprint density at radius 2 is 1.84 bits per heavy atom. The Balaban J connectivity index is 2.46. The number of aromatic nitrogens is 2. The molecule has 0 bridgehead atoms. The molecule has 2 aromatic heterocycles. The van der Waals surface area contributed by atoms with Crippen molar-refractivity contribution in [3.05, 3.63) is 35.7 Å². The normalized spacial score (nSPS) is 12.3. The maximum Gasteiger partial charge on any atom is 0.417 e. The largest absolute Gasteiger partial charge is 0.417 e. The van der Waals surface area contributed by atoms with Crippen LogP contribution in [-0.2, 0) is 15.7 Å². The second-order valence-corrected chi connectivity index (χ2v) is 3.81. The van der Waals surface area contributed by atoms with Gasteiger partial charge in [-0.1, -0.05) is 0 Å². The smallest absolute Gasteiger partial charge is 0.350 e. The number of nitrogens with zero attached hydrogens (tertiary/aromatic N) is 2. The minimum atomic E-state index is -4.42. The van der Waals surface area contributed by atoms with Crippen LogP contribution < -0.4 is 0 Å². The van der Waals surface area contributed by atoms with Crippen LogP contribution in [0, 0.1) is 0 Å². The number of halogens is 3. The summed E-state index contributed by atoms with van der Waals surface area (Å²) >= 11 is 0. The second-order valence-electron chi connectivity index (χ2n) is 3.81. The monoisotopic (exact) mass is 272 g/mol. The van der Waals surface area contributed by atoms with Crippen LogP contribution in [0.3, 0.4) is 0 Å². The van der Waals surface area contributed by atoms with Gasteiger partial charge in [-0.3, -0.25) is 0 Å². The molecule has 19 heavy (non-hydrogen) atoms. The van der Waals surface area contributed by atoms with Crippen LogP contribution in [0.1, 0.15) is 17.5 Å². The van der Waals surface area contributed by atoms with Crippen LogP contribution >= 0.6 is 0 Å². The van der Waals surface area contributed by atoms with E-state index < -0.39 is 18.0 Å². The van der Waals surface area contributed by atoms with Gasteiger partial charge in [-0.05, 0) is 18.2 Å². The zero-order valence-electron chi connectivity index (χ0n) is 10.2. The summed E-state index contributed by atoms with van der Waals surface area (Å²) in [6, 6.07) is 4.06. The summed E-state index contributed by atoms with van der Waals surface area (Å²) in [5.74, 6) is 0. The first-order valence-corrected chi connectivity index (χ1v) is 5.35. The molecule has 0 aliphatic heterocycles. The quantitative estimate of drug-likeness (QED) is 0.806. The molecule has 0 aliphatic rings. The first kappa shape index (κ1) is 13.7. The van der Waals surface area contributed by atoms with Gasteiger partial charge in [0.2, 0.25) is 6.29 Å². The van der Waals surface area contributed by atoms with E-state index in [2.05, 4.69) is 9.97 Å². The molecule has 0 aliphatic carbocycles. The first-order valence-electron chi connectivity index (χ1n) is 5.35. The van der Waals surface area contributed by atoms with Crippen molar-refractivity contribution < 1.29 is 22.6 Å². The van der Waals surface area contributed by atoms with Gasteiger partial charge in [-0.15, -0.1) is 0 Å². The molecule has 4 nitrogen and oxygen atoms in total. The lowest BCUT2D eigenvalue weighted by molar-refractivity contribution is -0.137. The average molecular weight is 272 g/mol. The lowest BCUT2D eigenvalue weighted by Crippen LogP contribution is -2.08. The van der Waals surface area contributed by atoms with E-state index in [4.69, 9.17) is 9.47 Å². The molecule has 2 heterocycles. The fraction of sp³-hybridized carbons (Fsp3) is 0.333. The van der Waals surface area contributed by atoms with Crippen LogP contribution in [0.2, 0.25) is 0 Å². The highest BCUT2D eigenvalue weighted by Gasteiger charge is 2.31. The van der Waals surface area contributed by atoms with Gasteiger partial charge in [0.25, 0.3) is 0 Å². The van der Waals surface area contributed by atoms with Crippen molar-refractivity contribution in [2.75, 3.05) is 14.2 Å². The molecule has 0 atom stereocenters. The second kappa shape index (κ2) is 5.10. The van der Waals surface area contributed by atoms with E-state index in [1.807, 2.05) is 0 Å². The molecule has 0 aromatic carbocycles. The number of fused-ring (bicyclic) bond motifs is 1. The molecule has 0 unspecified atom stereocenters. The van der Waals surface area contributed by atoms with Gasteiger partial charge in [0.1, 0.15) is 0 Å². The summed E-state index contributed by atoms with van der Waals surface area (Å²) in [4.78, 5) is 7.83. The van der Waals surface area contributed by atoms with E-state index in [1.165, 1.54) is 20.3 Å². The van der Waals surface area contributed by atoms with Crippen LogP contribution in [0.5, 0.6) is 0 Å². The number of ether oxygens (including phenoxy) is 2. The van der Waals surface area contributed by atoms with Gasteiger partial charge in [0.05, 0.1) is 11.3 Å². The molecular formula is C12H11F3N2O2. The predicted octanol–water partition coefficient (Wildman–Crippen LogP) is 2.94. The number of rotatable bonds is 3. The van der Waals surface area contributed by atoms with Crippen molar-refractivity contribution in [2.24, 2.45) is 0 Å². The molecule has 0 spiro atoms. The van der Waals surface area contributed by atoms with Crippen LogP contribution in [0.4, 0.5) is 13.2 Å². The van der Waals surface area contributed by atoms with Gasteiger partial charge >= 0.3 is 6.18 Å². The van der Waals surface area contributed by atoms with E-state index in [1.54, 1.807) is 6.07 Å². The molecule has 0 fully saturated rings. The topological polar surface area (TPSA) is 44.2 Å². The third-order valence-corrected chi connectivity index (χ3v) is 2.56. The standard InChI is InChI=1S/C12H11F3N2O2/c1-18-11(19-2)9-4-3-7-5-8(12(13,14)15)6-16-10(7)17-9/h3-6,11H,1-2H3. The lowest BCUT2D eigenvalue weighted by Gasteiger charge is -2.13. The van der Waals surface area contributed by atoms with Gasteiger partial charge in [0.15, 0.2) is 5.65 Å². The molecule has 0 N–H and O–H groups in total. The summed E-state index contributed by atoms with van der Waals surface area (Å²) in [5, 5.41) is 0.310. The minimum Gasteiger partial charge on any atom is -0.350 e. The minimum absolute atomic E-state index is 0.213. The summed E-state index contributed by atoms with van der Waals surface area (Å²) < 4.78 is 47.6. The molecule has 0 radical (unpaired) electrons. The third kappa shape index (κ3) is 2.82. The SMILES string of the molecule is COC(OC)c1ccc2cc(C(F)(F)F)cnc2n1. The summed E-state index contributed by atoms with van der Waals surface area (Å²) in [5.41, 5.74) is -0.140. The highest BCUT2D eigenvalue weighted by molar-refractivity contribution is 5.75. The predicted molar refractivity (Wildman–Crippen MR) is 61.3 cm³/mol. The van der Waals surface area contributed by atoms with Crippen molar-refractivity contribution >= 4 is 11.0 Å². The lowest BCUT2D eigenvalue weighted by atomic mass is 10.2. The van der Waals surface area contributed by atoms with E-state index >= 15 is 0 Å². The van der Waals surface area contributed by atoms with Crippen molar-refractivity contribution in [2.45, 2.75) is 12.5 Å². The van der Waals surface area contributed by atoms with Crippen molar-refractivity contribution in [1.82, 2.24) is 9.97 Å². The molecule has 0 saturated carbocycles. The van der Waals surface area contributed by atoms with E-state index in [0.29, 0.717) is 11.1 Å². The third-order valence-electron chi connectivity index (χ3n) is 2.56. The van der Waals surface area contributed by atoms with Crippen molar-refractivity contribution in [1.29, 1.82) is 0 Å². The summed E-state index contributed by atoms with van der Waals surface area (Å²) in [6.45, 7) is 0. The molecule has 2 rings (SSSR count). The fourth-order valence-corrected chi connectivity index (χ4v) is 1.65. The van der Waals surface area contributed by atoms with Gasteiger partial charge in [-0.25, -0.2) is 9.97 Å². The molecular weight excluding hydrogens is 261 g/mol. The van der Waals surface area contributed by atoms with Gasteiger partial charge < -0.3 is 9.47 Å². The Labute approximate surface area is 107 Å². The zero-order chi connectivity index (χ0) is 14.0. The highest BCUT2D eigenvalue weighted by Crippen LogP contribution is 2.30. The maximum absolute atomic E-state index is 12.5.